The maximum absolute atomic E-state index is 12.6. The van der Waals surface area contributed by atoms with Crippen molar-refractivity contribution in [3.8, 4) is 0 Å². The molecule has 0 bridgehead atoms. The first-order valence-electron chi connectivity index (χ1n) is 8.87. The number of benzene rings is 1. The van der Waals surface area contributed by atoms with Gasteiger partial charge in [0.15, 0.2) is 0 Å². The van der Waals surface area contributed by atoms with E-state index in [1.807, 2.05) is 18.2 Å². The highest BCUT2D eigenvalue weighted by Gasteiger charge is 2.29. The van der Waals surface area contributed by atoms with Gasteiger partial charge in [0.25, 0.3) is 0 Å². The van der Waals surface area contributed by atoms with Crippen LogP contribution >= 0.6 is 11.6 Å². The zero-order chi connectivity index (χ0) is 19.3. The summed E-state index contributed by atoms with van der Waals surface area (Å²) in [6.45, 7) is 1.44. The van der Waals surface area contributed by atoms with Crippen molar-refractivity contribution in [2.75, 3.05) is 19.6 Å². The highest BCUT2D eigenvalue weighted by Crippen LogP contribution is 2.23. The van der Waals surface area contributed by atoms with E-state index in [1.54, 1.807) is 24.4 Å². The monoisotopic (exact) mass is 407 g/mol. The third-order valence-electron chi connectivity index (χ3n) is 4.74. The molecular weight excluding hydrogens is 386 g/mol. The SMILES string of the molecule is O=C(Cc1ccccc1Cl)NCC1CCN(S(=O)(=O)c2cccnc2)CC1. The molecule has 0 saturated carbocycles. The highest BCUT2D eigenvalue weighted by molar-refractivity contribution is 7.89. The zero-order valence-electron chi connectivity index (χ0n) is 14.8. The van der Waals surface area contributed by atoms with Crippen molar-refractivity contribution in [1.82, 2.24) is 14.6 Å². The summed E-state index contributed by atoms with van der Waals surface area (Å²) in [6.07, 6.45) is 4.60. The number of nitrogens with zero attached hydrogens (tertiary/aromatic N) is 2. The van der Waals surface area contributed by atoms with Crippen LogP contribution in [0.15, 0.2) is 53.7 Å². The van der Waals surface area contributed by atoms with E-state index in [1.165, 1.54) is 10.5 Å². The average molecular weight is 408 g/mol. The maximum atomic E-state index is 12.6. The minimum atomic E-state index is -3.49. The first-order chi connectivity index (χ1) is 13.0. The van der Waals surface area contributed by atoms with Gasteiger partial charge in [-0.1, -0.05) is 29.8 Å². The fourth-order valence-electron chi connectivity index (χ4n) is 3.14. The molecule has 0 atom stereocenters. The Bertz CT molecular complexity index is 882. The van der Waals surface area contributed by atoms with Gasteiger partial charge in [0.2, 0.25) is 15.9 Å². The third-order valence-corrected chi connectivity index (χ3v) is 6.99. The quantitative estimate of drug-likeness (QED) is 0.797. The Morgan fingerprint density at radius 1 is 1.19 bits per heavy atom. The van der Waals surface area contributed by atoms with Crippen LogP contribution in [0.3, 0.4) is 0 Å². The first-order valence-corrected chi connectivity index (χ1v) is 10.7. The molecule has 1 aliphatic rings. The molecule has 1 N–H and O–H groups in total. The van der Waals surface area contributed by atoms with Crippen molar-refractivity contribution >= 4 is 27.5 Å². The van der Waals surface area contributed by atoms with E-state index >= 15 is 0 Å². The summed E-state index contributed by atoms with van der Waals surface area (Å²) in [7, 11) is -3.49. The molecule has 1 amide bonds. The Labute approximate surface area is 164 Å². The molecule has 1 aliphatic heterocycles. The first kappa shape index (κ1) is 19.8. The van der Waals surface area contributed by atoms with E-state index in [0.29, 0.717) is 37.5 Å². The summed E-state index contributed by atoms with van der Waals surface area (Å²) in [5.41, 5.74) is 0.800. The van der Waals surface area contributed by atoms with Crippen LogP contribution in [-0.2, 0) is 21.2 Å². The van der Waals surface area contributed by atoms with Gasteiger partial charge in [0, 0.05) is 37.1 Å². The average Bonchev–Trinajstić information content (AvgIpc) is 2.69. The number of amides is 1. The molecule has 0 radical (unpaired) electrons. The van der Waals surface area contributed by atoms with Crippen molar-refractivity contribution < 1.29 is 13.2 Å². The van der Waals surface area contributed by atoms with E-state index in [0.717, 1.165) is 5.56 Å². The van der Waals surface area contributed by atoms with Crippen molar-refractivity contribution in [1.29, 1.82) is 0 Å². The summed E-state index contributed by atoms with van der Waals surface area (Å²) < 4.78 is 26.7. The molecule has 1 aromatic heterocycles. The fraction of sp³-hybridized carbons (Fsp3) is 0.368. The molecule has 8 heteroatoms. The van der Waals surface area contributed by atoms with Crippen LogP contribution in [0.25, 0.3) is 0 Å². The van der Waals surface area contributed by atoms with Gasteiger partial charge >= 0.3 is 0 Å². The maximum Gasteiger partial charge on any atom is 0.244 e. The van der Waals surface area contributed by atoms with Gasteiger partial charge in [-0.3, -0.25) is 9.78 Å². The largest absolute Gasteiger partial charge is 0.356 e. The van der Waals surface area contributed by atoms with Crippen molar-refractivity contribution in [2.45, 2.75) is 24.2 Å². The lowest BCUT2D eigenvalue weighted by molar-refractivity contribution is -0.120. The number of hydrogen-bond acceptors (Lipinski definition) is 4. The molecule has 1 saturated heterocycles. The lowest BCUT2D eigenvalue weighted by atomic mass is 9.98. The number of sulfonamides is 1. The van der Waals surface area contributed by atoms with Gasteiger partial charge in [-0.2, -0.15) is 4.31 Å². The van der Waals surface area contributed by atoms with Crippen LogP contribution in [-0.4, -0.2) is 43.2 Å². The predicted molar refractivity (Wildman–Crippen MR) is 104 cm³/mol. The van der Waals surface area contributed by atoms with Crippen LogP contribution in [0.2, 0.25) is 5.02 Å². The Hall–Kier alpha value is -1.96. The molecule has 144 valence electrons. The number of halogens is 1. The Morgan fingerprint density at radius 3 is 2.59 bits per heavy atom. The predicted octanol–water partition coefficient (Wildman–Crippen LogP) is 2.49. The molecule has 2 aromatic rings. The Kier molecular flexibility index (Phi) is 6.46. The molecule has 2 heterocycles. The molecular formula is C19H22ClN3O3S. The lowest BCUT2D eigenvalue weighted by Crippen LogP contribution is -2.41. The second-order valence-electron chi connectivity index (χ2n) is 6.61. The molecule has 0 aliphatic carbocycles. The van der Waals surface area contributed by atoms with E-state index in [-0.39, 0.29) is 23.1 Å². The van der Waals surface area contributed by atoms with E-state index in [4.69, 9.17) is 11.6 Å². The van der Waals surface area contributed by atoms with Crippen LogP contribution in [0.1, 0.15) is 18.4 Å². The lowest BCUT2D eigenvalue weighted by Gasteiger charge is -2.31. The number of rotatable bonds is 6. The molecule has 0 unspecified atom stereocenters. The summed E-state index contributed by atoms with van der Waals surface area (Å²) in [4.78, 5) is 16.2. The van der Waals surface area contributed by atoms with Gasteiger partial charge in [-0.15, -0.1) is 0 Å². The van der Waals surface area contributed by atoms with E-state index in [9.17, 15) is 13.2 Å². The molecule has 6 nitrogen and oxygen atoms in total. The van der Waals surface area contributed by atoms with E-state index < -0.39 is 10.0 Å². The van der Waals surface area contributed by atoms with Crippen molar-refractivity contribution in [2.24, 2.45) is 5.92 Å². The van der Waals surface area contributed by atoms with Gasteiger partial charge in [-0.05, 0) is 42.5 Å². The second-order valence-corrected chi connectivity index (χ2v) is 8.95. The number of carbonyl (C=O) groups excluding carboxylic acids is 1. The van der Waals surface area contributed by atoms with Crippen molar-refractivity contribution in [3.05, 3.63) is 59.4 Å². The number of carbonyl (C=O) groups is 1. The smallest absolute Gasteiger partial charge is 0.244 e. The van der Waals surface area contributed by atoms with Crippen molar-refractivity contribution in [3.63, 3.8) is 0 Å². The molecule has 3 rings (SSSR count). The van der Waals surface area contributed by atoms with Gasteiger partial charge in [0.05, 0.1) is 6.42 Å². The summed E-state index contributed by atoms with van der Waals surface area (Å²) in [5.74, 6) is 0.189. The molecule has 1 fully saturated rings. The summed E-state index contributed by atoms with van der Waals surface area (Å²) in [6, 6.07) is 10.5. The topological polar surface area (TPSA) is 79.4 Å². The molecule has 27 heavy (non-hydrogen) atoms. The van der Waals surface area contributed by atoms with Crippen LogP contribution < -0.4 is 5.32 Å². The number of nitrogens with one attached hydrogen (secondary N) is 1. The molecule has 1 aromatic carbocycles. The second kappa shape index (κ2) is 8.82. The number of piperidine rings is 1. The standard InChI is InChI=1S/C19H22ClN3O3S/c20-18-6-2-1-4-16(18)12-19(24)22-13-15-7-10-23(11-8-15)27(25,26)17-5-3-9-21-14-17/h1-6,9,14-15H,7-8,10-13H2,(H,22,24). The number of hydrogen-bond donors (Lipinski definition) is 1. The summed E-state index contributed by atoms with van der Waals surface area (Å²) in [5, 5.41) is 3.52. The zero-order valence-corrected chi connectivity index (χ0v) is 16.4. The third kappa shape index (κ3) is 5.06. The summed E-state index contributed by atoms with van der Waals surface area (Å²) >= 11 is 6.08. The normalized spacial score (nSPS) is 16.2. The minimum Gasteiger partial charge on any atom is -0.356 e. The van der Waals surface area contributed by atoms with Crippen LogP contribution in [0.5, 0.6) is 0 Å². The highest BCUT2D eigenvalue weighted by atomic mass is 35.5. The fourth-order valence-corrected chi connectivity index (χ4v) is 4.77. The number of pyridine rings is 1. The minimum absolute atomic E-state index is 0.0755. The van der Waals surface area contributed by atoms with Gasteiger partial charge in [-0.25, -0.2) is 8.42 Å². The van der Waals surface area contributed by atoms with Gasteiger partial charge in [0.1, 0.15) is 4.90 Å². The van der Waals surface area contributed by atoms with E-state index in [2.05, 4.69) is 10.3 Å². The Balaban J connectivity index is 1.47. The van der Waals surface area contributed by atoms with Crippen LogP contribution in [0, 0.1) is 5.92 Å². The van der Waals surface area contributed by atoms with Crippen LogP contribution in [0.4, 0.5) is 0 Å². The number of aromatic nitrogens is 1. The van der Waals surface area contributed by atoms with Gasteiger partial charge < -0.3 is 5.32 Å². The Morgan fingerprint density at radius 2 is 1.93 bits per heavy atom. The molecule has 0 spiro atoms.